The Kier molecular flexibility index (Phi) is 5.34. The van der Waals surface area contributed by atoms with E-state index in [1.807, 2.05) is 0 Å². The first-order valence-electron chi connectivity index (χ1n) is 11.7. The third-order valence-corrected chi connectivity index (χ3v) is 10.6. The van der Waals surface area contributed by atoms with Crippen LogP contribution in [0.5, 0.6) is 0 Å². The molecular formula is C24H41O2P. The van der Waals surface area contributed by atoms with Crippen molar-refractivity contribution in [1.29, 1.82) is 0 Å². The Morgan fingerprint density at radius 2 is 1.70 bits per heavy atom. The molecule has 3 heteroatoms. The van der Waals surface area contributed by atoms with Crippen LogP contribution in [0.2, 0.25) is 0 Å². The van der Waals surface area contributed by atoms with Crippen LogP contribution in [-0.2, 0) is 9.32 Å². The fourth-order valence-electron chi connectivity index (χ4n) is 8.88. The summed E-state index contributed by atoms with van der Waals surface area (Å²) in [5.41, 5.74) is 0.739. The highest BCUT2D eigenvalue weighted by Crippen LogP contribution is 2.68. The molecule has 0 heterocycles. The molecule has 4 aliphatic rings. The van der Waals surface area contributed by atoms with E-state index in [4.69, 9.17) is 4.52 Å². The Labute approximate surface area is 169 Å². The summed E-state index contributed by atoms with van der Waals surface area (Å²) in [6.07, 6.45) is 10.1. The monoisotopic (exact) mass is 392 g/mol. The highest BCUT2D eigenvalue weighted by Gasteiger charge is 2.64. The van der Waals surface area contributed by atoms with Crippen LogP contribution in [0.3, 0.4) is 0 Å². The van der Waals surface area contributed by atoms with E-state index in [1.165, 1.54) is 38.5 Å². The molecule has 2 nitrogen and oxygen atoms in total. The molecule has 0 amide bonds. The summed E-state index contributed by atoms with van der Waals surface area (Å²) in [7, 11) is 2.48. The first-order chi connectivity index (χ1) is 12.8. The van der Waals surface area contributed by atoms with E-state index in [0.717, 1.165) is 24.7 Å². The van der Waals surface area contributed by atoms with Crippen LogP contribution in [0.25, 0.3) is 0 Å². The van der Waals surface area contributed by atoms with Crippen molar-refractivity contribution >= 4 is 15.2 Å². The highest BCUT2D eigenvalue weighted by molar-refractivity contribution is 7.09. The number of rotatable bonds is 3. The topological polar surface area (TPSA) is 26.3 Å². The van der Waals surface area contributed by atoms with Gasteiger partial charge in [0.15, 0.2) is 0 Å². The van der Waals surface area contributed by atoms with Crippen molar-refractivity contribution in [2.45, 2.75) is 92.1 Å². The average molecular weight is 393 g/mol. The molecule has 4 aliphatic carbocycles. The van der Waals surface area contributed by atoms with Gasteiger partial charge in [-0.05, 0) is 91.8 Å². The molecular weight excluding hydrogens is 351 g/mol. The summed E-state index contributed by atoms with van der Waals surface area (Å²) in [5, 5.41) is 0. The zero-order valence-electron chi connectivity index (χ0n) is 18.2. The van der Waals surface area contributed by atoms with E-state index < -0.39 is 0 Å². The summed E-state index contributed by atoms with van der Waals surface area (Å²) in [4.78, 5) is 13.9. The standard InChI is InChI=1S/C24H41O2P/c1-6-16-20-13-15(26-27)9-11-24(20,5)19-10-12-23(4)17(14(2)3)7-8-18(23)21(19)22(16)25/h14-21H,6-13,27H2,1-5H3/t15-,16+,17-,18?,19?,20+,21?,23-,24-/m1/s1. The highest BCUT2D eigenvalue weighted by atomic mass is 31.0. The van der Waals surface area contributed by atoms with Crippen molar-refractivity contribution in [1.82, 2.24) is 0 Å². The summed E-state index contributed by atoms with van der Waals surface area (Å²) >= 11 is 0. The first-order valence-corrected chi connectivity index (χ1v) is 12.1. The molecule has 0 spiro atoms. The maximum absolute atomic E-state index is 13.9. The van der Waals surface area contributed by atoms with E-state index in [0.29, 0.717) is 46.4 Å². The molecule has 0 radical (unpaired) electrons. The second kappa shape index (κ2) is 7.09. The van der Waals surface area contributed by atoms with Gasteiger partial charge in [-0.2, -0.15) is 0 Å². The van der Waals surface area contributed by atoms with E-state index in [-0.39, 0.29) is 5.92 Å². The number of fused-ring (bicyclic) bond motifs is 5. The molecule has 4 fully saturated rings. The molecule has 0 aromatic rings. The molecule has 4 rings (SSSR count). The molecule has 0 N–H and O–H groups in total. The van der Waals surface area contributed by atoms with Gasteiger partial charge in [0.2, 0.25) is 0 Å². The summed E-state index contributed by atoms with van der Waals surface area (Å²) < 4.78 is 5.68. The van der Waals surface area contributed by atoms with Crippen LogP contribution in [0.4, 0.5) is 0 Å². The SMILES string of the molecule is CC[C@@H]1C(=O)C2C3CC[C@H](C(C)C)[C@@]3(C)CCC2[C@@]2(C)CC[C@@H](OP)C[C@@H]12. The summed E-state index contributed by atoms with van der Waals surface area (Å²) in [6, 6.07) is 0. The van der Waals surface area contributed by atoms with Crippen molar-refractivity contribution in [3.05, 3.63) is 0 Å². The molecule has 0 aliphatic heterocycles. The Hall–Kier alpha value is 0.0600. The van der Waals surface area contributed by atoms with Gasteiger partial charge in [0.05, 0.1) is 6.10 Å². The third-order valence-electron chi connectivity index (χ3n) is 10.2. The number of hydrogen-bond acceptors (Lipinski definition) is 2. The lowest BCUT2D eigenvalue weighted by molar-refractivity contribution is -0.172. The smallest absolute Gasteiger partial charge is 0.139 e. The number of ketones is 1. The van der Waals surface area contributed by atoms with Crippen molar-refractivity contribution in [2.24, 2.45) is 52.3 Å². The second-order valence-electron chi connectivity index (χ2n) is 11.3. The minimum atomic E-state index is 0.264. The molecule has 0 saturated heterocycles. The molecule has 10 atom stereocenters. The third kappa shape index (κ3) is 2.83. The van der Waals surface area contributed by atoms with Crippen LogP contribution in [0.15, 0.2) is 0 Å². The van der Waals surface area contributed by atoms with Crippen LogP contribution in [0, 0.1) is 52.3 Å². The molecule has 0 aromatic carbocycles. The lowest BCUT2D eigenvalue weighted by atomic mass is 9.42. The van der Waals surface area contributed by atoms with Gasteiger partial charge in [-0.3, -0.25) is 4.79 Å². The lowest BCUT2D eigenvalue weighted by Gasteiger charge is -2.62. The predicted molar refractivity (Wildman–Crippen MR) is 114 cm³/mol. The predicted octanol–water partition coefficient (Wildman–Crippen LogP) is 6.29. The number of carbonyl (C=O) groups is 1. The Balaban J connectivity index is 1.70. The van der Waals surface area contributed by atoms with E-state index >= 15 is 0 Å². The van der Waals surface area contributed by atoms with Crippen molar-refractivity contribution < 1.29 is 9.32 Å². The van der Waals surface area contributed by atoms with Crippen LogP contribution in [0.1, 0.15) is 86.0 Å². The van der Waals surface area contributed by atoms with Crippen LogP contribution in [-0.4, -0.2) is 11.9 Å². The number of Topliss-reactive ketones (excluding diaryl/α,β-unsaturated/α-hetero) is 1. The maximum Gasteiger partial charge on any atom is 0.139 e. The summed E-state index contributed by atoms with van der Waals surface area (Å²) in [5.74, 6) is 4.59. The fourth-order valence-corrected chi connectivity index (χ4v) is 9.13. The van der Waals surface area contributed by atoms with Crippen molar-refractivity contribution in [3.63, 3.8) is 0 Å². The Morgan fingerprint density at radius 3 is 2.33 bits per heavy atom. The van der Waals surface area contributed by atoms with Gasteiger partial charge in [-0.25, -0.2) is 0 Å². The van der Waals surface area contributed by atoms with E-state index in [9.17, 15) is 4.79 Å². The average Bonchev–Trinajstić information content (AvgIpc) is 2.99. The molecule has 27 heavy (non-hydrogen) atoms. The molecule has 0 aromatic heterocycles. The van der Waals surface area contributed by atoms with Gasteiger partial charge in [0.1, 0.15) is 5.78 Å². The molecule has 0 bridgehead atoms. The zero-order valence-corrected chi connectivity index (χ0v) is 19.3. The van der Waals surface area contributed by atoms with Gasteiger partial charge < -0.3 is 4.52 Å². The molecule has 4 unspecified atom stereocenters. The lowest BCUT2D eigenvalue weighted by Crippen LogP contribution is -2.60. The van der Waals surface area contributed by atoms with E-state index in [2.05, 4.69) is 44.1 Å². The summed E-state index contributed by atoms with van der Waals surface area (Å²) in [6.45, 7) is 12.2. The number of hydrogen-bond donors (Lipinski definition) is 0. The largest absolute Gasteiger partial charge is 0.362 e. The van der Waals surface area contributed by atoms with Gasteiger partial charge in [0, 0.05) is 21.3 Å². The minimum absolute atomic E-state index is 0.264. The van der Waals surface area contributed by atoms with Crippen LogP contribution < -0.4 is 0 Å². The Bertz CT molecular complexity index is 589. The van der Waals surface area contributed by atoms with Gasteiger partial charge >= 0.3 is 0 Å². The maximum atomic E-state index is 13.9. The first kappa shape index (κ1) is 20.3. The van der Waals surface area contributed by atoms with Gasteiger partial charge in [-0.1, -0.05) is 34.6 Å². The normalized spacial score (nSPS) is 52.4. The quantitative estimate of drug-likeness (QED) is 0.527. The van der Waals surface area contributed by atoms with Crippen LogP contribution >= 0.6 is 9.47 Å². The van der Waals surface area contributed by atoms with E-state index in [1.54, 1.807) is 0 Å². The fraction of sp³-hybridized carbons (Fsp3) is 0.958. The molecule has 4 saturated carbocycles. The minimum Gasteiger partial charge on any atom is -0.362 e. The zero-order chi connectivity index (χ0) is 19.6. The van der Waals surface area contributed by atoms with Crippen molar-refractivity contribution in [3.8, 4) is 0 Å². The Morgan fingerprint density at radius 1 is 1.04 bits per heavy atom. The number of carbonyl (C=O) groups excluding carboxylic acids is 1. The van der Waals surface area contributed by atoms with Gasteiger partial charge in [0.25, 0.3) is 0 Å². The molecule has 154 valence electrons. The van der Waals surface area contributed by atoms with Crippen molar-refractivity contribution in [2.75, 3.05) is 0 Å². The second-order valence-corrected chi connectivity index (χ2v) is 11.5. The van der Waals surface area contributed by atoms with Gasteiger partial charge in [-0.15, -0.1) is 0 Å².